The van der Waals surface area contributed by atoms with Crippen LogP contribution in [0.2, 0.25) is 5.02 Å². The molecule has 0 fully saturated rings. The Balaban J connectivity index is 2.05. The first kappa shape index (κ1) is 20.7. The molecule has 0 bridgehead atoms. The number of hydrogen-bond donors (Lipinski definition) is 3. The highest BCUT2D eigenvalue weighted by Gasteiger charge is 2.21. The standard InChI is InChI=1S/C20H24ClN3O3/c1-4-8-20(2,3)24-19(27)16-12-15(7-9-22-16)23-18(26)11-13-10-14(21)5-6-17(13)25/h5-7,9-10,12,25H,4,8,11H2,1-3H3,(H,24,27)(H,22,23,26). The van der Waals surface area contributed by atoms with Crippen molar-refractivity contribution in [2.24, 2.45) is 0 Å². The van der Waals surface area contributed by atoms with Crippen molar-refractivity contribution in [3.05, 3.63) is 52.8 Å². The molecule has 1 heterocycles. The summed E-state index contributed by atoms with van der Waals surface area (Å²) < 4.78 is 0. The molecule has 27 heavy (non-hydrogen) atoms. The van der Waals surface area contributed by atoms with Crippen LogP contribution in [0.15, 0.2) is 36.5 Å². The van der Waals surface area contributed by atoms with E-state index in [-0.39, 0.29) is 35.2 Å². The summed E-state index contributed by atoms with van der Waals surface area (Å²) in [7, 11) is 0. The van der Waals surface area contributed by atoms with Crippen LogP contribution in [0.25, 0.3) is 0 Å². The quantitative estimate of drug-likeness (QED) is 0.669. The van der Waals surface area contributed by atoms with Crippen LogP contribution < -0.4 is 10.6 Å². The largest absolute Gasteiger partial charge is 0.508 e. The summed E-state index contributed by atoms with van der Waals surface area (Å²) in [4.78, 5) is 28.7. The SMILES string of the molecule is CCCC(C)(C)NC(=O)c1cc(NC(=O)Cc2cc(Cl)ccc2O)ccn1. The van der Waals surface area contributed by atoms with E-state index in [2.05, 4.69) is 22.5 Å². The Morgan fingerprint density at radius 3 is 2.67 bits per heavy atom. The molecule has 0 saturated heterocycles. The van der Waals surface area contributed by atoms with Crippen LogP contribution in [0.3, 0.4) is 0 Å². The lowest BCUT2D eigenvalue weighted by Gasteiger charge is -2.25. The van der Waals surface area contributed by atoms with Gasteiger partial charge in [-0.3, -0.25) is 14.6 Å². The maximum absolute atomic E-state index is 12.4. The van der Waals surface area contributed by atoms with Gasteiger partial charge in [0.25, 0.3) is 5.91 Å². The van der Waals surface area contributed by atoms with Gasteiger partial charge < -0.3 is 15.7 Å². The second-order valence-corrected chi connectivity index (χ2v) is 7.45. The van der Waals surface area contributed by atoms with E-state index in [4.69, 9.17) is 11.6 Å². The number of anilines is 1. The number of pyridine rings is 1. The minimum absolute atomic E-state index is 0.00232. The van der Waals surface area contributed by atoms with Crippen LogP contribution in [0, 0.1) is 0 Å². The fraction of sp³-hybridized carbons (Fsp3) is 0.350. The number of phenols is 1. The van der Waals surface area contributed by atoms with Gasteiger partial charge in [0.1, 0.15) is 11.4 Å². The van der Waals surface area contributed by atoms with Gasteiger partial charge in [0.05, 0.1) is 6.42 Å². The third-order valence-corrected chi connectivity index (χ3v) is 4.23. The molecule has 0 atom stereocenters. The van der Waals surface area contributed by atoms with Crippen LogP contribution in [-0.2, 0) is 11.2 Å². The number of halogens is 1. The molecule has 0 aliphatic carbocycles. The number of nitrogens with zero attached hydrogens (tertiary/aromatic N) is 1. The summed E-state index contributed by atoms with van der Waals surface area (Å²) in [6, 6.07) is 7.65. The zero-order valence-corrected chi connectivity index (χ0v) is 16.4. The molecule has 2 amide bonds. The van der Waals surface area contributed by atoms with Crippen LogP contribution in [0.4, 0.5) is 5.69 Å². The maximum Gasteiger partial charge on any atom is 0.270 e. The highest BCUT2D eigenvalue weighted by Crippen LogP contribution is 2.22. The molecule has 144 valence electrons. The molecule has 0 aliphatic rings. The highest BCUT2D eigenvalue weighted by atomic mass is 35.5. The van der Waals surface area contributed by atoms with E-state index in [1.165, 1.54) is 24.4 Å². The number of aromatic nitrogens is 1. The molecule has 0 aliphatic heterocycles. The summed E-state index contributed by atoms with van der Waals surface area (Å²) in [6.07, 6.45) is 3.22. The van der Waals surface area contributed by atoms with Gasteiger partial charge >= 0.3 is 0 Å². The van der Waals surface area contributed by atoms with E-state index in [0.717, 1.165) is 12.8 Å². The normalized spacial score (nSPS) is 11.1. The molecule has 0 radical (unpaired) electrons. The number of hydrogen-bond acceptors (Lipinski definition) is 4. The van der Waals surface area contributed by atoms with Crippen LogP contribution in [-0.4, -0.2) is 27.4 Å². The van der Waals surface area contributed by atoms with Crippen molar-refractivity contribution >= 4 is 29.1 Å². The Labute approximate surface area is 164 Å². The van der Waals surface area contributed by atoms with E-state index in [0.29, 0.717) is 16.3 Å². The van der Waals surface area contributed by atoms with E-state index < -0.39 is 0 Å². The number of benzene rings is 1. The summed E-state index contributed by atoms with van der Waals surface area (Å²) in [5, 5.41) is 15.9. The second kappa shape index (κ2) is 8.86. The van der Waals surface area contributed by atoms with Gasteiger partial charge in [-0.2, -0.15) is 0 Å². The third-order valence-electron chi connectivity index (χ3n) is 4.00. The number of rotatable bonds is 7. The van der Waals surface area contributed by atoms with Gasteiger partial charge in [-0.1, -0.05) is 24.9 Å². The minimum Gasteiger partial charge on any atom is -0.508 e. The highest BCUT2D eigenvalue weighted by molar-refractivity contribution is 6.30. The van der Waals surface area contributed by atoms with E-state index in [1.807, 2.05) is 13.8 Å². The molecule has 1 aromatic heterocycles. The third kappa shape index (κ3) is 6.25. The fourth-order valence-corrected chi connectivity index (χ4v) is 2.96. The molecule has 0 saturated carbocycles. The molecule has 0 spiro atoms. The van der Waals surface area contributed by atoms with Crippen molar-refractivity contribution in [3.63, 3.8) is 0 Å². The molecule has 0 unspecified atom stereocenters. The first-order valence-corrected chi connectivity index (χ1v) is 9.14. The Bertz CT molecular complexity index is 837. The van der Waals surface area contributed by atoms with Gasteiger partial charge in [0.15, 0.2) is 0 Å². The van der Waals surface area contributed by atoms with E-state index in [1.54, 1.807) is 12.1 Å². The van der Waals surface area contributed by atoms with E-state index >= 15 is 0 Å². The lowest BCUT2D eigenvalue weighted by atomic mass is 9.99. The van der Waals surface area contributed by atoms with Gasteiger partial charge in [0.2, 0.25) is 5.91 Å². The van der Waals surface area contributed by atoms with E-state index in [9.17, 15) is 14.7 Å². The molecule has 6 nitrogen and oxygen atoms in total. The zero-order valence-electron chi connectivity index (χ0n) is 15.7. The fourth-order valence-electron chi connectivity index (χ4n) is 2.77. The van der Waals surface area contributed by atoms with Crippen molar-refractivity contribution in [1.29, 1.82) is 0 Å². The van der Waals surface area contributed by atoms with Gasteiger partial charge in [0, 0.05) is 28.0 Å². The molecular formula is C20H24ClN3O3. The number of carbonyl (C=O) groups is 2. The molecule has 7 heteroatoms. The Kier molecular flexibility index (Phi) is 6.80. The number of aromatic hydroxyl groups is 1. The number of amides is 2. The number of phenolic OH excluding ortho intramolecular Hbond substituents is 1. The molecular weight excluding hydrogens is 366 g/mol. The number of nitrogens with one attached hydrogen (secondary N) is 2. The van der Waals surface area contributed by atoms with Crippen LogP contribution in [0.1, 0.15) is 49.7 Å². The predicted octanol–water partition coefficient (Wildman–Crippen LogP) is 3.93. The summed E-state index contributed by atoms with van der Waals surface area (Å²) in [5.74, 6) is -0.629. The predicted molar refractivity (Wildman–Crippen MR) is 106 cm³/mol. The topological polar surface area (TPSA) is 91.3 Å². The lowest BCUT2D eigenvalue weighted by molar-refractivity contribution is -0.115. The maximum atomic E-state index is 12.4. The monoisotopic (exact) mass is 389 g/mol. The number of carbonyl (C=O) groups excluding carboxylic acids is 2. The minimum atomic E-state index is -0.337. The average molecular weight is 390 g/mol. The van der Waals surface area contributed by atoms with Gasteiger partial charge in [-0.15, -0.1) is 0 Å². The first-order valence-electron chi connectivity index (χ1n) is 8.76. The zero-order chi connectivity index (χ0) is 20.0. The van der Waals surface area contributed by atoms with Crippen LogP contribution >= 0.6 is 11.6 Å². The first-order chi connectivity index (χ1) is 12.7. The summed E-state index contributed by atoms with van der Waals surface area (Å²) in [5.41, 5.74) is 0.766. The molecule has 2 aromatic rings. The molecule has 3 N–H and O–H groups in total. The van der Waals surface area contributed by atoms with Crippen molar-refractivity contribution in [2.75, 3.05) is 5.32 Å². The van der Waals surface area contributed by atoms with Crippen molar-refractivity contribution in [1.82, 2.24) is 10.3 Å². The average Bonchev–Trinajstić information content (AvgIpc) is 2.57. The van der Waals surface area contributed by atoms with Gasteiger partial charge in [-0.25, -0.2) is 0 Å². The van der Waals surface area contributed by atoms with Gasteiger partial charge in [-0.05, 0) is 50.6 Å². The van der Waals surface area contributed by atoms with Crippen LogP contribution in [0.5, 0.6) is 5.75 Å². The smallest absolute Gasteiger partial charge is 0.270 e. The lowest BCUT2D eigenvalue weighted by Crippen LogP contribution is -2.43. The second-order valence-electron chi connectivity index (χ2n) is 7.02. The summed E-state index contributed by atoms with van der Waals surface area (Å²) >= 11 is 5.90. The van der Waals surface area contributed by atoms with Crippen molar-refractivity contribution in [2.45, 2.75) is 45.6 Å². The Hall–Kier alpha value is -2.60. The van der Waals surface area contributed by atoms with Crippen molar-refractivity contribution < 1.29 is 14.7 Å². The summed E-state index contributed by atoms with van der Waals surface area (Å²) in [6.45, 7) is 5.97. The molecule has 1 aromatic carbocycles. The molecule has 2 rings (SSSR count). The Morgan fingerprint density at radius 2 is 1.96 bits per heavy atom. The Morgan fingerprint density at radius 1 is 1.22 bits per heavy atom. The van der Waals surface area contributed by atoms with Crippen molar-refractivity contribution in [3.8, 4) is 5.75 Å².